The Balaban J connectivity index is 2.11. The highest BCUT2D eigenvalue weighted by atomic mass is 32.1. The molecular formula is C11H15NS. The first-order valence-electron chi connectivity index (χ1n) is 5.08. The summed E-state index contributed by atoms with van der Waals surface area (Å²) < 4.78 is 0. The zero-order chi connectivity index (χ0) is 9.00. The van der Waals surface area contributed by atoms with Crippen molar-refractivity contribution in [3.63, 3.8) is 0 Å². The van der Waals surface area contributed by atoms with Crippen LogP contribution in [0.2, 0.25) is 0 Å². The van der Waals surface area contributed by atoms with E-state index in [1.54, 1.807) is 10.4 Å². The van der Waals surface area contributed by atoms with E-state index >= 15 is 0 Å². The second-order valence-electron chi connectivity index (χ2n) is 4.39. The molecule has 1 aliphatic heterocycles. The van der Waals surface area contributed by atoms with E-state index in [1.165, 1.54) is 18.0 Å². The summed E-state index contributed by atoms with van der Waals surface area (Å²) in [6.07, 6.45) is 0. The maximum Gasteiger partial charge on any atom is 0.0115 e. The molecule has 0 bridgehead atoms. The molecule has 1 saturated heterocycles. The SMILES string of the molecule is Cc1cc2c(s1)C(C)C1CNCC21. The van der Waals surface area contributed by atoms with Gasteiger partial charge in [0.1, 0.15) is 0 Å². The lowest BCUT2D eigenvalue weighted by molar-refractivity contribution is 0.489. The van der Waals surface area contributed by atoms with Crippen LogP contribution in [0.5, 0.6) is 0 Å². The summed E-state index contributed by atoms with van der Waals surface area (Å²) >= 11 is 2.01. The Morgan fingerprint density at radius 3 is 3.15 bits per heavy atom. The molecule has 1 N–H and O–H groups in total. The quantitative estimate of drug-likeness (QED) is 0.667. The van der Waals surface area contributed by atoms with Crippen LogP contribution in [-0.4, -0.2) is 13.1 Å². The lowest BCUT2D eigenvalue weighted by Crippen LogP contribution is -2.12. The minimum atomic E-state index is 0.800. The van der Waals surface area contributed by atoms with Gasteiger partial charge in [-0.15, -0.1) is 11.3 Å². The van der Waals surface area contributed by atoms with Crippen molar-refractivity contribution < 1.29 is 0 Å². The fourth-order valence-corrected chi connectivity index (χ4v) is 4.18. The van der Waals surface area contributed by atoms with Crippen molar-refractivity contribution in [2.24, 2.45) is 5.92 Å². The van der Waals surface area contributed by atoms with E-state index < -0.39 is 0 Å². The summed E-state index contributed by atoms with van der Waals surface area (Å²) in [6, 6.07) is 2.41. The molecule has 0 amide bonds. The van der Waals surface area contributed by atoms with Crippen molar-refractivity contribution in [2.75, 3.05) is 13.1 Å². The van der Waals surface area contributed by atoms with Gasteiger partial charge in [-0.05, 0) is 36.9 Å². The Labute approximate surface area is 83.2 Å². The first-order chi connectivity index (χ1) is 6.27. The highest BCUT2D eigenvalue weighted by Crippen LogP contribution is 2.51. The highest BCUT2D eigenvalue weighted by molar-refractivity contribution is 7.12. The van der Waals surface area contributed by atoms with Gasteiger partial charge in [-0.25, -0.2) is 0 Å². The minimum absolute atomic E-state index is 0.800. The Bertz CT molecular complexity index is 342. The van der Waals surface area contributed by atoms with Crippen LogP contribution in [0.25, 0.3) is 0 Å². The summed E-state index contributed by atoms with van der Waals surface area (Å²) in [5, 5.41) is 3.51. The van der Waals surface area contributed by atoms with E-state index in [1.807, 2.05) is 11.3 Å². The highest BCUT2D eigenvalue weighted by Gasteiger charge is 2.42. The van der Waals surface area contributed by atoms with E-state index in [4.69, 9.17) is 0 Å². The molecule has 0 radical (unpaired) electrons. The lowest BCUT2D eigenvalue weighted by atomic mass is 9.92. The Kier molecular flexibility index (Phi) is 1.59. The van der Waals surface area contributed by atoms with E-state index in [2.05, 4.69) is 25.2 Å². The number of fused-ring (bicyclic) bond motifs is 3. The van der Waals surface area contributed by atoms with Crippen molar-refractivity contribution in [3.8, 4) is 0 Å². The summed E-state index contributed by atoms with van der Waals surface area (Å²) in [5.74, 6) is 2.52. The normalized spacial score (nSPS) is 36.3. The summed E-state index contributed by atoms with van der Waals surface area (Å²) in [5.41, 5.74) is 1.66. The van der Waals surface area contributed by atoms with Gasteiger partial charge in [-0.3, -0.25) is 0 Å². The van der Waals surface area contributed by atoms with E-state index in [-0.39, 0.29) is 0 Å². The zero-order valence-electron chi connectivity index (χ0n) is 8.13. The zero-order valence-corrected chi connectivity index (χ0v) is 8.95. The Morgan fingerprint density at radius 2 is 2.31 bits per heavy atom. The van der Waals surface area contributed by atoms with E-state index in [9.17, 15) is 0 Å². The maximum atomic E-state index is 3.51. The molecule has 1 fully saturated rings. The van der Waals surface area contributed by atoms with Crippen molar-refractivity contribution in [2.45, 2.75) is 25.7 Å². The molecule has 1 aromatic heterocycles. The number of rotatable bonds is 0. The number of hydrogen-bond acceptors (Lipinski definition) is 2. The van der Waals surface area contributed by atoms with Crippen LogP contribution in [-0.2, 0) is 0 Å². The maximum absolute atomic E-state index is 3.51. The van der Waals surface area contributed by atoms with Crippen LogP contribution in [0.15, 0.2) is 6.07 Å². The number of nitrogens with one attached hydrogen (secondary N) is 1. The number of hydrogen-bond donors (Lipinski definition) is 1. The number of aryl methyl sites for hydroxylation is 1. The summed E-state index contributed by atoms with van der Waals surface area (Å²) in [7, 11) is 0. The average Bonchev–Trinajstić information content (AvgIpc) is 2.70. The van der Waals surface area contributed by atoms with Gasteiger partial charge in [0.2, 0.25) is 0 Å². The third kappa shape index (κ3) is 0.960. The first kappa shape index (κ1) is 8.01. The van der Waals surface area contributed by atoms with Crippen molar-refractivity contribution in [1.29, 1.82) is 0 Å². The predicted octanol–water partition coefficient (Wildman–Crippen LogP) is 2.48. The van der Waals surface area contributed by atoms with Crippen LogP contribution < -0.4 is 5.32 Å². The number of thiophene rings is 1. The van der Waals surface area contributed by atoms with Gasteiger partial charge < -0.3 is 5.32 Å². The Morgan fingerprint density at radius 1 is 1.46 bits per heavy atom. The van der Waals surface area contributed by atoms with E-state index in [0.717, 1.165) is 17.8 Å². The van der Waals surface area contributed by atoms with Gasteiger partial charge in [0, 0.05) is 22.2 Å². The molecule has 2 heterocycles. The fourth-order valence-electron chi connectivity index (χ4n) is 2.96. The second-order valence-corrected chi connectivity index (χ2v) is 5.68. The van der Waals surface area contributed by atoms with Crippen LogP contribution in [0.4, 0.5) is 0 Å². The standard InChI is InChI=1S/C11H15NS/c1-6-3-8-10-5-12-4-9(10)7(2)11(8)13-6/h3,7,9-10,12H,4-5H2,1-2H3. The summed E-state index contributed by atoms with van der Waals surface area (Å²) in [6.45, 7) is 7.06. The van der Waals surface area contributed by atoms with Crippen LogP contribution in [0, 0.1) is 12.8 Å². The van der Waals surface area contributed by atoms with Gasteiger partial charge in [-0.1, -0.05) is 6.92 Å². The minimum Gasteiger partial charge on any atom is -0.316 e. The Hall–Kier alpha value is -0.340. The fraction of sp³-hybridized carbons (Fsp3) is 0.636. The van der Waals surface area contributed by atoms with Gasteiger partial charge >= 0.3 is 0 Å². The van der Waals surface area contributed by atoms with Gasteiger partial charge in [0.05, 0.1) is 0 Å². The first-order valence-corrected chi connectivity index (χ1v) is 5.90. The van der Waals surface area contributed by atoms with Crippen molar-refractivity contribution in [1.82, 2.24) is 5.32 Å². The predicted molar refractivity (Wildman–Crippen MR) is 56.6 cm³/mol. The molecule has 70 valence electrons. The third-order valence-electron chi connectivity index (χ3n) is 3.63. The molecule has 0 spiro atoms. The molecule has 1 aromatic rings. The largest absolute Gasteiger partial charge is 0.316 e. The second kappa shape index (κ2) is 2.58. The molecule has 2 aliphatic rings. The smallest absolute Gasteiger partial charge is 0.0115 e. The van der Waals surface area contributed by atoms with Gasteiger partial charge in [-0.2, -0.15) is 0 Å². The molecule has 3 rings (SSSR count). The molecule has 3 atom stereocenters. The molecule has 0 saturated carbocycles. The topological polar surface area (TPSA) is 12.0 Å². The van der Waals surface area contributed by atoms with Crippen LogP contribution in [0.1, 0.15) is 34.1 Å². The monoisotopic (exact) mass is 193 g/mol. The van der Waals surface area contributed by atoms with Crippen molar-refractivity contribution >= 4 is 11.3 Å². The lowest BCUT2D eigenvalue weighted by Gasteiger charge is -2.12. The van der Waals surface area contributed by atoms with Gasteiger partial charge in [0.25, 0.3) is 0 Å². The van der Waals surface area contributed by atoms with Crippen LogP contribution >= 0.6 is 11.3 Å². The molecule has 2 heteroatoms. The molecule has 3 unspecified atom stereocenters. The van der Waals surface area contributed by atoms with Crippen molar-refractivity contribution in [3.05, 3.63) is 21.4 Å². The van der Waals surface area contributed by atoms with E-state index in [0.29, 0.717) is 0 Å². The van der Waals surface area contributed by atoms with Crippen LogP contribution in [0.3, 0.4) is 0 Å². The molecule has 1 aliphatic carbocycles. The molecular weight excluding hydrogens is 178 g/mol. The molecule has 1 nitrogen and oxygen atoms in total. The molecule has 0 aromatic carbocycles. The average molecular weight is 193 g/mol. The van der Waals surface area contributed by atoms with Gasteiger partial charge in [0.15, 0.2) is 0 Å². The summed E-state index contributed by atoms with van der Waals surface area (Å²) in [4.78, 5) is 3.16. The third-order valence-corrected chi connectivity index (χ3v) is 4.90. The molecule has 13 heavy (non-hydrogen) atoms.